The second kappa shape index (κ2) is 9.77. The molecule has 1 atom stereocenters. The van der Waals surface area contributed by atoms with Crippen molar-refractivity contribution in [3.05, 3.63) is 72.5 Å². The summed E-state index contributed by atoms with van der Waals surface area (Å²) >= 11 is 6.43. The first-order chi connectivity index (χ1) is 16.6. The maximum Gasteiger partial charge on any atom is 0.270 e. The second-order valence-corrected chi connectivity index (χ2v) is 8.91. The number of pyridine rings is 2. The summed E-state index contributed by atoms with van der Waals surface area (Å²) in [5, 5.41) is 12.0. The third-order valence-electron chi connectivity index (χ3n) is 6.00. The average Bonchev–Trinajstić information content (AvgIpc) is 3.27. The molecule has 3 aromatic heterocycles. The summed E-state index contributed by atoms with van der Waals surface area (Å²) in [6.45, 7) is 2.52. The van der Waals surface area contributed by atoms with Gasteiger partial charge in [-0.25, -0.2) is 4.98 Å². The van der Waals surface area contributed by atoms with Gasteiger partial charge in [0.2, 0.25) is 0 Å². The van der Waals surface area contributed by atoms with E-state index in [4.69, 9.17) is 16.3 Å². The number of hydrogen-bond donors (Lipinski definition) is 1. The van der Waals surface area contributed by atoms with Crippen LogP contribution in [0.15, 0.2) is 61.0 Å². The Balaban J connectivity index is 1.38. The Morgan fingerprint density at radius 3 is 2.79 bits per heavy atom. The topological polar surface area (TPSA) is 94.8 Å². The van der Waals surface area contributed by atoms with E-state index in [-0.39, 0.29) is 23.2 Å². The zero-order valence-corrected chi connectivity index (χ0v) is 19.5. The summed E-state index contributed by atoms with van der Waals surface area (Å²) in [7, 11) is 0. The van der Waals surface area contributed by atoms with Crippen molar-refractivity contribution in [3.8, 4) is 17.3 Å². The van der Waals surface area contributed by atoms with Crippen molar-refractivity contribution in [2.45, 2.75) is 43.5 Å². The van der Waals surface area contributed by atoms with Crippen molar-refractivity contribution in [1.82, 2.24) is 30.0 Å². The van der Waals surface area contributed by atoms with Gasteiger partial charge in [-0.1, -0.05) is 18.2 Å². The Kier molecular flexibility index (Phi) is 6.40. The molecule has 2 aliphatic rings. The minimum atomic E-state index is -0.157. The van der Waals surface area contributed by atoms with Crippen LogP contribution in [0, 0.1) is 0 Å². The van der Waals surface area contributed by atoms with Gasteiger partial charge in [-0.15, -0.1) is 21.8 Å². The number of alkyl halides is 1. The lowest BCUT2D eigenvalue weighted by Crippen LogP contribution is -2.44. The number of carbonyl (C=O) groups excluding carboxylic acids is 1. The Morgan fingerprint density at radius 1 is 1.21 bits per heavy atom. The molecule has 0 saturated heterocycles. The van der Waals surface area contributed by atoms with E-state index < -0.39 is 0 Å². The molecule has 174 valence electrons. The monoisotopic (exact) mass is 476 g/mol. The van der Waals surface area contributed by atoms with Crippen molar-refractivity contribution >= 4 is 23.2 Å². The number of nitrogens with one attached hydrogen (secondary N) is 1. The quantitative estimate of drug-likeness (QED) is 0.513. The summed E-state index contributed by atoms with van der Waals surface area (Å²) in [6, 6.07) is 9.16. The van der Waals surface area contributed by atoms with Gasteiger partial charge in [0.15, 0.2) is 5.82 Å². The number of allylic oxidation sites excluding steroid dienone is 4. The average molecular weight is 477 g/mol. The smallest absolute Gasteiger partial charge is 0.270 e. The largest absolute Gasteiger partial charge is 0.492 e. The zero-order chi connectivity index (χ0) is 23.5. The second-order valence-electron chi connectivity index (χ2n) is 8.35. The van der Waals surface area contributed by atoms with E-state index in [1.807, 2.05) is 37.3 Å². The summed E-state index contributed by atoms with van der Waals surface area (Å²) in [5.41, 5.74) is 2.16. The van der Waals surface area contributed by atoms with Crippen molar-refractivity contribution < 1.29 is 9.53 Å². The number of carbonyl (C=O) groups is 1. The normalized spacial score (nSPS) is 21.5. The lowest BCUT2D eigenvalue weighted by Gasteiger charge is -2.35. The van der Waals surface area contributed by atoms with Crippen LogP contribution in [0.1, 0.15) is 48.4 Å². The number of hydrogen-bond acceptors (Lipinski definition) is 6. The van der Waals surface area contributed by atoms with E-state index in [0.29, 0.717) is 36.0 Å². The third-order valence-corrected chi connectivity index (χ3v) is 6.30. The van der Waals surface area contributed by atoms with Crippen LogP contribution in [0.4, 0.5) is 0 Å². The maximum atomic E-state index is 12.4. The van der Waals surface area contributed by atoms with E-state index in [2.05, 4.69) is 30.0 Å². The Hall–Kier alpha value is -3.52. The molecule has 1 N–H and O–H groups in total. The number of nitrogens with zero attached hydrogens (tertiary/aromatic N) is 5. The molecule has 3 heterocycles. The predicted molar refractivity (Wildman–Crippen MR) is 130 cm³/mol. The van der Waals surface area contributed by atoms with Crippen molar-refractivity contribution in [2.75, 3.05) is 6.61 Å². The van der Waals surface area contributed by atoms with Gasteiger partial charge in [0.1, 0.15) is 23.0 Å². The summed E-state index contributed by atoms with van der Waals surface area (Å²) < 4.78 is 7.59. The van der Waals surface area contributed by atoms with E-state index in [1.165, 1.54) is 0 Å². The van der Waals surface area contributed by atoms with Gasteiger partial charge in [-0.2, -0.15) is 0 Å². The Morgan fingerprint density at radius 2 is 2.09 bits per heavy atom. The van der Waals surface area contributed by atoms with E-state index in [9.17, 15) is 4.79 Å². The van der Waals surface area contributed by atoms with Crippen molar-refractivity contribution in [2.24, 2.45) is 0 Å². The van der Waals surface area contributed by atoms with Crippen LogP contribution in [-0.2, 0) is 0 Å². The summed E-state index contributed by atoms with van der Waals surface area (Å²) in [5.74, 6) is 2.25. The van der Waals surface area contributed by atoms with Crippen LogP contribution in [0.3, 0.4) is 0 Å². The molecule has 34 heavy (non-hydrogen) atoms. The molecule has 3 aromatic rings. The van der Waals surface area contributed by atoms with Crippen LogP contribution in [-0.4, -0.2) is 48.7 Å². The molecule has 0 radical (unpaired) electrons. The highest BCUT2D eigenvalue weighted by atomic mass is 35.5. The van der Waals surface area contributed by atoms with Gasteiger partial charge in [-0.05, 0) is 50.1 Å². The maximum absolute atomic E-state index is 12.4. The molecule has 2 aliphatic carbocycles. The van der Waals surface area contributed by atoms with Crippen LogP contribution < -0.4 is 10.1 Å². The highest BCUT2D eigenvalue weighted by molar-refractivity contribution is 6.22. The fourth-order valence-corrected chi connectivity index (χ4v) is 4.51. The van der Waals surface area contributed by atoms with Crippen molar-refractivity contribution in [1.29, 1.82) is 0 Å². The molecule has 5 rings (SSSR count). The number of rotatable bonds is 7. The first-order valence-electron chi connectivity index (χ1n) is 11.4. The minimum Gasteiger partial charge on any atom is -0.492 e. The fourth-order valence-electron chi connectivity index (χ4n) is 4.27. The minimum absolute atomic E-state index is 0.0673. The van der Waals surface area contributed by atoms with Crippen LogP contribution in [0.2, 0.25) is 0 Å². The lowest BCUT2D eigenvalue weighted by atomic mass is 9.79. The lowest BCUT2D eigenvalue weighted by molar-refractivity contribution is 0.0902. The Bertz CT molecular complexity index is 1220. The van der Waals surface area contributed by atoms with Gasteiger partial charge in [0.05, 0.1) is 18.2 Å². The van der Waals surface area contributed by atoms with Gasteiger partial charge in [-0.3, -0.25) is 14.3 Å². The molecule has 1 unspecified atom stereocenters. The number of ether oxygens (including phenoxy) is 1. The number of amides is 1. The number of halogens is 1. The molecule has 1 saturated carbocycles. The van der Waals surface area contributed by atoms with Gasteiger partial charge in [0.25, 0.3) is 5.91 Å². The molecular weight excluding hydrogens is 452 g/mol. The van der Waals surface area contributed by atoms with E-state index in [0.717, 1.165) is 24.4 Å². The molecule has 0 bridgehead atoms. The molecule has 1 amide bonds. The molecule has 0 aromatic carbocycles. The molecule has 0 spiro atoms. The zero-order valence-electron chi connectivity index (χ0n) is 18.8. The molecule has 9 heteroatoms. The van der Waals surface area contributed by atoms with E-state index in [1.54, 1.807) is 30.6 Å². The highest BCUT2D eigenvalue weighted by Crippen LogP contribution is 2.39. The predicted octanol–water partition coefficient (Wildman–Crippen LogP) is 4.22. The van der Waals surface area contributed by atoms with E-state index >= 15 is 0 Å². The fraction of sp³-hybridized carbons (Fsp3) is 0.320. The molecule has 0 aliphatic heterocycles. The van der Waals surface area contributed by atoms with Crippen LogP contribution in [0.25, 0.3) is 17.2 Å². The molecular formula is C25H25ClN6O2. The standard InChI is InChI=1S/C25H25ClN6O2/c1-2-34-20-9-10-21(28-15-20)24-31-30-23(32(24)19-7-5-6-17(26)14-19)16-12-18(13-16)29-25(33)22-8-3-4-11-27-22/h3-11,15-18H,2,12-14H2,1H3,(H,29,33). The number of aromatic nitrogens is 5. The van der Waals surface area contributed by atoms with Crippen LogP contribution in [0.5, 0.6) is 5.75 Å². The van der Waals surface area contributed by atoms with Gasteiger partial charge >= 0.3 is 0 Å². The van der Waals surface area contributed by atoms with Crippen molar-refractivity contribution in [3.63, 3.8) is 0 Å². The summed E-state index contributed by atoms with van der Waals surface area (Å²) in [4.78, 5) is 21.1. The first kappa shape index (κ1) is 22.3. The SMILES string of the molecule is CCOc1ccc(-c2nnc(C3CC(NC(=O)c4ccccn4)C3)n2C2=CC=CC(Cl)C2)nc1. The van der Waals surface area contributed by atoms with Gasteiger partial charge < -0.3 is 10.1 Å². The van der Waals surface area contributed by atoms with Crippen LogP contribution >= 0.6 is 11.6 Å². The molecule has 8 nitrogen and oxygen atoms in total. The molecule has 1 fully saturated rings. The first-order valence-corrected chi connectivity index (χ1v) is 11.8. The third kappa shape index (κ3) is 4.59. The highest BCUT2D eigenvalue weighted by Gasteiger charge is 2.37. The Labute approximate surface area is 202 Å². The van der Waals surface area contributed by atoms with Gasteiger partial charge in [0, 0.05) is 30.3 Å². The summed E-state index contributed by atoms with van der Waals surface area (Å²) in [6.07, 6.45) is 11.5.